The number of phenolic OH excluding ortho intramolecular Hbond substituents is 1. The molecule has 0 bridgehead atoms. The summed E-state index contributed by atoms with van der Waals surface area (Å²) in [6, 6.07) is 25.1. The molecule has 0 radical (unpaired) electrons. The van der Waals surface area contributed by atoms with E-state index in [9.17, 15) is 46.1 Å². The summed E-state index contributed by atoms with van der Waals surface area (Å²) in [5.74, 6) is -5.13. The molecule has 0 spiro atoms. The number of phenols is 1. The summed E-state index contributed by atoms with van der Waals surface area (Å²) >= 11 is 6.48. The molecule has 4 atom stereocenters. The highest BCUT2D eigenvalue weighted by Crippen LogP contribution is 2.53. The molecular weight excluding hydrogens is 875 g/mol. The van der Waals surface area contributed by atoms with Crippen LogP contribution in [0.25, 0.3) is 6.08 Å². The van der Waals surface area contributed by atoms with E-state index in [1.54, 1.807) is 6.07 Å². The van der Waals surface area contributed by atoms with Crippen molar-refractivity contribution >= 4 is 61.0 Å². The summed E-state index contributed by atoms with van der Waals surface area (Å²) in [5.41, 5.74) is -1.22. The van der Waals surface area contributed by atoms with Crippen molar-refractivity contribution in [3.63, 3.8) is 0 Å². The average molecular weight is 924 g/mol. The minimum Gasteiger partial charge on any atom is -0.508 e. The molecule has 0 saturated carbocycles. The number of carbonyl (C=O) groups excluding carboxylic acids is 2. The molecular formula is C48H49BClF6NO6Si. The monoisotopic (exact) mass is 923 g/mol. The smallest absolute Gasteiger partial charge is 0.455 e. The van der Waals surface area contributed by atoms with Gasteiger partial charge in [-0.05, 0) is 106 Å². The molecule has 0 unspecified atom stereocenters. The number of amides is 2. The van der Waals surface area contributed by atoms with E-state index in [1.165, 1.54) is 12.1 Å². The molecule has 2 heterocycles. The van der Waals surface area contributed by atoms with Gasteiger partial charge in [0.15, 0.2) is 0 Å². The van der Waals surface area contributed by atoms with Crippen molar-refractivity contribution in [2.45, 2.75) is 89.6 Å². The first-order valence-corrected chi connectivity index (χ1v) is 23.6. The Bertz CT molecular complexity index is 2370. The Balaban J connectivity index is 1.35. The molecule has 2 N–H and O–H groups in total. The van der Waals surface area contributed by atoms with Crippen molar-refractivity contribution in [2.75, 3.05) is 11.5 Å². The molecule has 0 aromatic heterocycles. The zero-order chi connectivity index (χ0) is 46.4. The first-order valence-electron chi connectivity index (χ1n) is 21.3. The van der Waals surface area contributed by atoms with Crippen LogP contribution in [-0.4, -0.2) is 50.1 Å². The SMILES string of the molecule is CCC/C(=C\c1ccc(O)cc1Cl)CC[C@H]1OB(O)C[C@H]2C1=C(CO[Si](c1ccccc1)(c1ccccc1)C(C)(C)C)C[C@H]1C(=O)N(c3cc(C(F)(F)F)cc(C(F)(F)F)c3)C(=O)[C@H]12. The van der Waals surface area contributed by atoms with Gasteiger partial charge in [-0.15, -0.1) is 0 Å². The Morgan fingerprint density at radius 3 is 1.98 bits per heavy atom. The highest BCUT2D eigenvalue weighted by atomic mass is 35.5. The Labute approximate surface area is 375 Å². The molecule has 4 aromatic carbocycles. The number of halogens is 7. The fourth-order valence-electron chi connectivity index (χ4n) is 9.94. The van der Waals surface area contributed by atoms with Crippen LogP contribution in [0.15, 0.2) is 114 Å². The van der Waals surface area contributed by atoms with Gasteiger partial charge in [0.05, 0.1) is 46.4 Å². The highest BCUT2D eigenvalue weighted by molar-refractivity contribution is 6.99. The number of aromatic hydroxyl groups is 1. The lowest BCUT2D eigenvalue weighted by Gasteiger charge is -2.46. The van der Waals surface area contributed by atoms with Crippen molar-refractivity contribution in [3.05, 3.63) is 135 Å². The maximum absolute atomic E-state index is 14.6. The third-order valence-corrected chi connectivity index (χ3v) is 18.0. The van der Waals surface area contributed by atoms with E-state index in [-0.39, 0.29) is 31.2 Å². The third-order valence-electron chi connectivity index (χ3n) is 12.7. The normalized spacial score (nSPS) is 21.1. The number of nitrogens with zero attached hydrogens (tertiary/aromatic N) is 1. The quantitative estimate of drug-likeness (QED) is 0.0636. The Hall–Kier alpha value is -4.67. The molecule has 338 valence electrons. The van der Waals surface area contributed by atoms with Gasteiger partial charge in [0.25, 0.3) is 8.32 Å². The second kappa shape index (κ2) is 18.3. The summed E-state index contributed by atoms with van der Waals surface area (Å²) in [5, 5.41) is 23.1. The third kappa shape index (κ3) is 9.37. The summed E-state index contributed by atoms with van der Waals surface area (Å²) in [7, 11) is -4.66. The van der Waals surface area contributed by atoms with Crippen molar-refractivity contribution in [2.24, 2.45) is 17.8 Å². The van der Waals surface area contributed by atoms with Gasteiger partial charge in [-0.25, -0.2) is 4.90 Å². The van der Waals surface area contributed by atoms with Gasteiger partial charge < -0.3 is 19.2 Å². The van der Waals surface area contributed by atoms with Gasteiger partial charge >= 0.3 is 19.5 Å². The van der Waals surface area contributed by atoms with Crippen LogP contribution in [0.3, 0.4) is 0 Å². The van der Waals surface area contributed by atoms with Crippen molar-refractivity contribution in [1.82, 2.24) is 0 Å². The van der Waals surface area contributed by atoms with Gasteiger partial charge in [-0.1, -0.05) is 118 Å². The Kier molecular flexibility index (Phi) is 13.5. The van der Waals surface area contributed by atoms with Crippen molar-refractivity contribution in [3.8, 4) is 5.75 Å². The van der Waals surface area contributed by atoms with Gasteiger partial charge in [0, 0.05) is 0 Å². The second-order valence-electron chi connectivity index (χ2n) is 17.8. The molecule has 7 nitrogen and oxygen atoms in total. The number of rotatable bonds is 12. The van der Waals surface area contributed by atoms with Crippen LogP contribution in [0, 0.1) is 17.8 Å². The number of hydrogen-bond acceptors (Lipinski definition) is 6. The lowest BCUT2D eigenvalue weighted by molar-refractivity contribution is -0.143. The number of benzene rings is 4. The number of anilines is 1. The van der Waals surface area contributed by atoms with Crippen LogP contribution in [0.1, 0.15) is 76.5 Å². The summed E-state index contributed by atoms with van der Waals surface area (Å²) in [6.45, 7) is 8.28. The molecule has 16 heteroatoms. The van der Waals surface area contributed by atoms with Crippen molar-refractivity contribution < 1.29 is 55.1 Å². The number of allylic oxidation sites excluding steroid dienone is 1. The molecule has 64 heavy (non-hydrogen) atoms. The molecule has 2 aliphatic heterocycles. The van der Waals surface area contributed by atoms with E-state index < -0.39 is 85.3 Å². The maximum atomic E-state index is 14.6. The molecule has 3 aliphatic rings. The Morgan fingerprint density at radius 2 is 1.45 bits per heavy atom. The predicted octanol–water partition coefficient (Wildman–Crippen LogP) is 10.6. The number of alkyl halides is 6. The lowest BCUT2D eigenvalue weighted by atomic mass is 9.58. The number of fused-ring (bicyclic) bond motifs is 3. The lowest BCUT2D eigenvalue weighted by Crippen LogP contribution is -2.66. The highest BCUT2D eigenvalue weighted by Gasteiger charge is 2.59. The Morgan fingerprint density at radius 1 is 0.859 bits per heavy atom. The van der Waals surface area contributed by atoms with Gasteiger partial charge in [0.1, 0.15) is 5.75 Å². The summed E-state index contributed by atoms with van der Waals surface area (Å²) in [6.07, 6.45) is -7.36. The fourth-order valence-corrected chi connectivity index (χ4v) is 14.7. The molecule has 2 amide bonds. The summed E-state index contributed by atoms with van der Waals surface area (Å²) < 4.78 is 98.2. The van der Waals surface area contributed by atoms with Gasteiger partial charge in [0.2, 0.25) is 11.8 Å². The molecule has 4 aromatic rings. The first-order chi connectivity index (χ1) is 30.1. The topological polar surface area (TPSA) is 96.3 Å². The van der Waals surface area contributed by atoms with E-state index >= 15 is 0 Å². The fraction of sp³-hybridized carbons (Fsp3) is 0.375. The van der Waals surface area contributed by atoms with Crippen LogP contribution >= 0.6 is 11.6 Å². The first kappa shape index (κ1) is 47.3. The van der Waals surface area contributed by atoms with E-state index in [4.69, 9.17) is 20.7 Å². The molecule has 2 saturated heterocycles. The van der Waals surface area contributed by atoms with Crippen LogP contribution in [0.2, 0.25) is 16.4 Å². The molecule has 2 fully saturated rings. The molecule has 1 aliphatic carbocycles. The number of hydrogen-bond donors (Lipinski definition) is 2. The zero-order valence-electron chi connectivity index (χ0n) is 35.8. The standard InChI is InChI=1S/C48H49BClF6NO6Si/c1-5-12-29(21-30-18-19-35(58)26-40(30)50)17-20-41-42-31(28-62-64(46(2,3)4,36-13-8-6-9-14-36)37-15-10-7-11-16-37)22-38-43(39(42)27-49(61)63-41)45(60)57(44(38)59)34-24-32(47(51,52)53)23-33(25-34)48(54,55)56/h6-11,13-16,18-19,21,23-26,38-39,41,43,58,61H,5,12,17,20,22,27-28H2,1-4H3/b29-21+/t38-,39+,41-,43-/m1/s1. The van der Waals surface area contributed by atoms with Crippen LogP contribution in [0.4, 0.5) is 32.0 Å². The van der Waals surface area contributed by atoms with Gasteiger partial charge in [-0.3, -0.25) is 9.59 Å². The zero-order valence-corrected chi connectivity index (χ0v) is 37.5. The number of imide groups is 1. The van der Waals surface area contributed by atoms with E-state index in [0.717, 1.165) is 22.4 Å². The summed E-state index contributed by atoms with van der Waals surface area (Å²) in [4.78, 5) is 29.6. The van der Waals surface area contributed by atoms with Crippen LogP contribution < -0.4 is 15.3 Å². The minimum atomic E-state index is -5.22. The van der Waals surface area contributed by atoms with Crippen LogP contribution in [0.5, 0.6) is 5.75 Å². The number of carbonyl (C=O) groups is 2. The average Bonchev–Trinajstić information content (AvgIpc) is 3.48. The molecule has 7 rings (SSSR count). The van der Waals surface area contributed by atoms with E-state index in [0.29, 0.717) is 58.0 Å². The predicted molar refractivity (Wildman–Crippen MR) is 238 cm³/mol. The van der Waals surface area contributed by atoms with E-state index in [2.05, 4.69) is 20.8 Å². The minimum absolute atomic E-state index is 0.0116. The maximum Gasteiger partial charge on any atom is 0.455 e. The van der Waals surface area contributed by atoms with Crippen LogP contribution in [-0.2, 0) is 31.0 Å². The van der Waals surface area contributed by atoms with Crippen molar-refractivity contribution in [1.29, 1.82) is 0 Å². The van der Waals surface area contributed by atoms with E-state index in [1.807, 2.05) is 73.7 Å². The second-order valence-corrected chi connectivity index (χ2v) is 22.6. The van der Waals surface area contributed by atoms with Gasteiger partial charge in [-0.2, -0.15) is 26.3 Å². The largest absolute Gasteiger partial charge is 0.508 e.